The SMILES string of the molecule is CC(C)(C)OC(=O)CCN(CCN)C1CN(C(=O)c2ccc(Br)cc2)C1. The van der Waals surface area contributed by atoms with E-state index >= 15 is 0 Å². The summed E-state index contributed by atoms with van der Waals surface area (Å²) in [5.41, 5.74) is 5.92. The fourth-order valence-corrected chi connectivity index (χ4v) is 3.16. The molecule has 0 aromatic heterocycles. The highest BCUT2D eigenvalue weighted by molar-refractivity contribution is 9.10. The van der Waals surface area contributed by atoms with E-state index in [4.69, 9.17) is 10.5 Å². The largest absolute Gasteiger partial charge is 0.460 e. The highest BCUT2D eigenvalue weighted by Crippen LogP contribution is 2.20. The number of benzene rings is 1. The van der Waals surface area contributed by atoms with Crippen LogP contribution < -0.4 is 5.73 Å². The van der Waals surface area contributed by atoms with Gasteiger partial charge in [0.05, 0.1) is 6.42 Å². The zero-order chi connectivity index (χ0) is 19.3. The maximum atomic E-state index is 12.5. The van der Waals surface area contributed by atoms with Gasteiger partial charge in [-0.05, 0) is 45.0 Å². The van der Waals surface area contributed by atoms with Gasteiger partial charge in [0.25, 0.3) is 5.91 Å². The lowest BCUT2D eigenvalue weighted by Crippen LogP contribution is -2.62. The van der Waals surface area contributed by atoms with Crippen LogP contribution in [0.5, 0.6) is 0 Å². The second-order valence-corrected chi connectivity index (χ2v) is 8.45. The molecule has 144 valence electrons. The number of rotatable bonds is 7. The number of hydrogen-bond acceptors (Lipinski definition) is 5. The number of hydrogen-bond donors (Lipinski definition) is 1. The minimum absolute atomic E-state index is 0.0357. The molecule has 2 rings (SSSR count). The van der Waals surface area contributed by atoms with Gasteiger partial charge in [-0.1, -0.05) is 15.9 Å². The van der Waals surface area contributed by atoms with E-state index in [-0.39, 0.29) is 17.9 Å². The molecule has 6 nitrogen and oxygen atoms in total. The van der Waals surface area contributed by atoms with E-state index in [1.165, 1.54) is 0 Å². The number of nitrogens with two attached hydrogens (primary N) is 1. The normalized spacial score (nSPS) is 15.1. The van der Waals surface area contributed by atoms with E-state index in [9.17, 15) is 9.59 Å². The van der Waals surface area contributed by atoms with Crippen LogP contribution >= 0.6 is 15.9 Å². The van der Waals surface area contributed by atoms with Crippen molar-refractivity contribution in [3.8, 4) is 0 Å². The third-order valence-corrected chi connectivity index (χ3v) is 4.73. The molecule has 0 unspecified atom stereocenters. The third kappa shape index (κ3) is 6.07. The molecule has 0 bridgehead atoms. The molecule has 1 aromatic rings. The molecule has 0 aliphatic carbocycles. The number of likely N-dealkylation sites (tertiary alicyclic amines) is 1. The first kappa shape index (κ1) is 20.9. The maximum Gasteiger partial charge on any atom is 0.307 e. The van der Waals surface area contributed by atoms with Crippen LogP contribution in [0.1, 0.15) is 37.6 Å². The second kappa shape index (κ2) is 8.97. The molecule has 7 heteroatoms. The summed E-state index contributed by atoms with van der Waals surface area (Å²) < 4.78 is 6.31. The fourth-order valence-electron chi connectivity index (χ4n) is 2.90. The van der Waals surface area contributed by atoms with Gasteiger partial charge in [0.2, 0.25) is 0 Å². The monoisotopic (exact) mass is 425 g/mol. The van der Waals surface area contributed by atoms with Crippen molar-refractivity contribution in [1.29, 1.82) is 0 Å². The number of amides is 1. The molecule has 1 aliphatic heterocycles. The highest BCUT2D eigenvalue weighted by Gasteiger charge is 2.35. The van der Waals surface area contributed by atoms with Gasteiger partial charge >= 0.3 is 5.97 Å². The Bertz CT molecular complexity index is 622. The molecule has 1 aromatic carbocycles. The molecule has 1 fully saturated rings. The third-order valence-electron chi connectivity index (χ3n) is 4.20. The molecule has 1 heterocycles. The van der Waals surface area contributed by atoms with E-state index in [2.05, 4.69) is 20.8 Å². The van der Waals surface area contributed by atoms with Crippen molar-refractivity contribution in [3.63, 3.8) is 0 Å². The number of esters is 1. The van der Waals surface area contributed by atoms with Gasteiger partial charge < -0.3 is 15.4 Å². The predicted octanol–water partition coefficient (Wildman–Crippen LogP) is 2.27. The van der Waals surface area contributed by atoms with Gasteiger partial charge in [0.15, 0.2) is 0 Å². The Hall–Kier alpha value is -1.44. The Labute approximate surface area is 163 Å². The lowest BCUT2D eigenvalue weighted by atomic mass is 10.0. The first-order valence-corrected chi connectivity index (χ1v) is 9.69. The van der Waals surface area contributed by atoms with Crippen molar-refractivity contribution in [2.24, 2.45) is 5.73 Å². The molecular weight excluding hydrogens is 398 g/mol. The summed E-state index contributed by atoms with van der Waals surface area (Å²) in [4.78, 5) is 28.4. The summed E-state index contributed by atoms with van der Waals surface area (Å²) in [6.45, 7) is 8.71. The summed E-state index contributed by atoms with van der Waals surface area (Å²) in [6, 6.07) is 7.61. The highest BCUT2D eigenvalue weighted by atomic mass is 79.9. The van der Waals surface area contributed by atoms with Crippen molar-refractivity contribution >= 4 is 27.8 Å². The molecule has 0 saturated carbocycles. The van der Waals surface area contributed by atoms with Crippen molar-refractivity contribution < 1.29 is 14.3 Å². The molecule has 1 saturated heterocycles. The van der Waals surface area contributed by atoms with Crippen LogP contribution in [0, 0.1) is 0 Å². The van der Waals surface area contributed by atoms with Crippen molar-refractivity contribution in [1.82, 2.24) is 9.80 Å². The Morgan fingerprint density at radius 2 is 1.85 bits per heavy atom. The summed E-state index contributed by atoms with van der Waals surface area (Å²) in [7, 11) is 0. The van der Waals surface area contributed by atoms with Gasteiger partial charge in [-0.25, -0.2) is 0 Å². The van der Waals surface area contributed by atoms with Crippen LogP contribution in [0.4, 0.5) is 0 Å². The smallest absolute Gasteiger partial charge is 0.307 e. The molecule has 0 atom stereocenters. The predicted molar refractivity (Wildman–Crippen MR) is 105 cm³/mol. The molecule has 0 spiro atoms. The molecule has 2 N–H and O–H groups in total. The van der Waals surface area contributed by atoms with Gasteiger partial charge in [0.1, 0.15) is 5.60 Å². The lowest BCUT2D eigenvalue weighted by Gasteiger charge is -2.45. The Morgan fingerprint density at radius 1 is 1.23 bits per heavy atom. The molecule has 1 amide bonds. The molecule has 0 radical (unpaired) electrons. The average molecular weight is 426 g/mol. The quantitative estimate of drug-likeness (QED) is 0.677. The topological polar surface area (TPSA) is 75.9 Å². The van der Waals surface area contributed by atoms with E-state index in [1.807, 2.05) is 49.9 Å². The second-order valence-electron chi connectivity index (χ2n) is 7.53. The van der Waals surface area contributed by atoms with Gasteiger partial charge in [-0.15, -0.1) is 0 Å². The minimum atomic E-state index is -0.472. The maximum absolute atomic E-state index is 12.5. The van der Waals surface area contributed by atoms with E-state index in [0.29, 0.717) is 44.7 Å². The molecule has 1 aliphatic rings. The van der Waals surface area contributed by atoms with Gasteiger partial charge in [-0.2, -0.15) is 0 Å². The standard InChI is InChI=1S/C19H28BrN3O3/c1-19(2,3)26-17(24)8-10-22(11-9-21)16-12-23(13-16)18(25)14-4-6-15(20)7-5-14/h4-7,16H,8-13,21H2,1-3H3. The van der Waals surface area contributed by atoms with Gasteiger partial charge in [0, 0.05) is 48.8 Å². The summed E-state index contributed by atoms with van der Waals surface area (Å²) in [6.07, 6.45) is 0.328. The Morgan fingerprint density at radius 3 is 2.38 bits per heavy atom. The number of ether oxygens (including phenoxy) is 1. The van der Waals surface area contributed by atoms with Crippen molar-refractivity contribution in [2.45, 2.75) is 38.8 Å². The number of halogens is 1. The van der Waals surface area contributed by atoms with E-state index in [0.717, 1.165) is 4.47 Å². The summed E-state index contributed by atoms with van der Waals surface area (Å²) >= 11 is 3.37. The van der Waals surface area contributed by atoms with Crippen LogP contribution in [-0.4, -0.2) is 66.0 Å². The fraction of sp³-hybridized carbons (Fsp3) is 0.579. The zero-order valence-electron chi connectivity index (χ0n) is 15.7. The Kier molecular flexibility index (Phi) is 7.20. The molecule has 26 heavy (non-hydrogen) atoms. The zero-order valence-corrected chi connectivity index (χ0v) is 17.3. The minimum Gasteiger partial charge on any atom is -0.460 e. The van der Waals surface area contributed by atoms with Crippen molar-refractivity contribution in [2.75, 3.05) is 32.7 Å². The first-order chi connectivity index (χ1) is 12.2. The number of nitrogens with zero attached hydrogens (tertiary/aromatic N) is 2. The summed E-state index contributed by atoms with van der Waals surface area (Å²) in [5.74, 6) is -0.171. The average Bonchev–Trinajstić information content (AvgIpc) is 2.50. The van der Waals surface area contributed by atoms with E-state index in [1.54, 1.807) is 0 Å². The van der Waals surface area contributed by atoms with E-state index < -0.39 is 5.60 Å². The van der Waals surface area contributed by atoms with Gasteiger partial charge in [-0.3, -0.25) is 14.5 Å². The van der Waals surface area contributed by atoms with Crippen LogP contribution in [0.2, 0.25) is 0 Å². The van der Waals surface area contributed by atoms with Crippen LogP contribution in [0.3, 0.4) is 0 Å². The van der Waals surface area contributed by atoms with Crippen molar-refractivity contribution in [3.05, 3.63) is 34.3 Å². The van der Waals surface area contributed by atoms with Crippen LogP contribution in [-0.2, 0) is 9.53 Å². The summed E-state index contributed by atoms with van der Waals surface area (Å²) in [5, 5.41) is 0. The van der Waals surface area contributed by atoms with Crippen LogP contribution in [0.15, 0.2) is 28.7 Å². The lowest BCUT2D eigenvalue weighted by molar-refractivity contribution is -0.155. The number of carbonyl (C=O) groups is 2. The first-order valence-electron chi connectivity index (χ1n) is 8.90. The number of carbonyl (C=O) groups excluding carboxylic acids is 2. The molecular formula is C19H28BrN3O3. The Balaban J connectivity index is 1.84. The van der Waals surface area contributed by atoms with Crippen LogP contribution in [0.25, 0.3) is 0 Å².